The Hall–Kier alpha value is -3.17. The van der Waals surface area contributed by atoms with Gasteiger partial charge in [0.2, 0.25) is 5.13 Å². The van der Waals surface area contributed by atoms with Gasteiger partial charge in [-0.15, -0.1) is 10.2 Å². The van der Waals surface area contributed by atoms with Crippen LogP contribution in [0.5, 0.6) is 17.2 Å². The van der Waals surface area contributed by atoms with Crippen LogP contribution in [-0.2, 0) is 11.2 Å². The molecule has 0 aliphatic carbocycles. The number of nitrogens with one attached hydrogen (secondary N) is 1. The Balaban J connectivity index is 1.68. The highest BCUT2D eigenvalue weighted by molar-refractivity contribution is 14.1. The lowest BCUT2D eigenvalue weighted by atomic mass is 10.1. The highest BCUT2D eigenvalue weighted by Gasteiger charge is 2.15. The van der Waals surface area contributed by atoms with Crippen LogP contribution in [0, 0.1) is 21.8 Å². The number of nitrogens with zero attached hydrogens (tertiary/aromatic N) is 3. The van der Waals surface area contributed by atoms with E-state index >= 15 is 0 Å². The number of benzene rings is 2. The number of rotatable bonds is 10. The molecule has 0 saturated heterocycles. The lowest BCUT2D eigenvalue weighted by molar-refractivity contribution is -0.112. The molecule has 34 heavy (non-hydrogen) atoms. The third kappa shape index (κ3) is 6.91. The van der Waals surface area contributed by atoms with E-state index in [1.807, 2.05) is 50.2 Å². The Morgan fingerprint density at radius 3 is 2.59 bits per heavy atom. The van der Waals surface area contributed by atoms with Gasteiger partial charge in [-0.05, 0) is 71.8 Å². The molecular weight excluding hydrogens is 567 g/mol. The normalized spacial score (nSPS) is 11.0. The zero-order chi connectivity index (χ0) is 24.5. The van der Waals surface area contributed by atoms with E-state index in [0.717, 1.165) is 20.7 Å². The summed E-state index contributed by atoms with van der Waals surface area (Å²) in [5, 5.41) is 21.2. The van der Waals surface area contributed by atoms with Crippen molar-refractivity contribution in [2.45, 2.75) is 20.3 Å². The Morgan fingerprint density at radius 1 is 1.21 bits per heavy atom. The first-order valence-electron chi connectivity index (χ1n) is 10.4. The first kappa shape index (κ1) is 25.5. The largest absolute Gasteiger partial charge is 0.493 e. The fraction of sp³-hybridized carbons (Fsp3) is 0.250. The third-order valence-corrected chi connectivity index (χ3v) is 6.32. The van der Waals surface area contributed by atoms with E-state index in [1.165, 1.54) is 30.1 Å². The van der Waals surface area contributed by atoms with Gasteiger partial charge in [0.05, 0.1) is 10.7 Å². The number of hydrogen-bond acceptors (Lipinski definition) is 8. The molecule has 0 unspecified atom stereocenters. The van der Waals surface area contributed by atoms with E-state index in [0.29, 0.717) is 35.4 Å². The summed E-state index contributed by atoms with van der Waals surface area (Å²) < 4.78 is 17.9. The van der Waals surface area contributed by atoms with E-state index in [-0.39, 0.29) is 5.57 Å². The van der Waals surface area contributed by atoms with Crippen LogP contribution in [0.25, 0.3) is 6.08 Å². The lowest BCUT2D eigenvalue weighted by Crippen LogP contribution is -2.13. The second-order valence-electron chi connectivity index (χ2n) is 7.02. The van der Waals surface area contributed by atoms with E-state index in [4.69, 9.17) is 14.2 Å². The topological polar surface area (TPSA) is 106 Å². The first-order chi connectivity index (χ1) is 16.4. The van der Waals surface area contributed by atoms with Crippen molar-refractivity contribution >= 4 is 51.0 Å². The molecule has 8 nitrogen and oxygen atoms in total. The van der Waals surface area contributed by atoms with Gasteiger partial charge in [0.1, 0.15) is 35.6 Å². The number of anilines is 1. The third-order valence-electron chi connectivity index (χ3n) is 4.54. The average molecular weight is 590 g/mol. The second kappa shape index (κ2) is 12.3. The number of nitriles is 1. The van der Waals surface area contributed by atoms with Crippen molar-refractivity contribution in [2.24, 2.45) is 0 Å². The minimum absolute atomic E-state index is 0.0636. The standard InChI is InChI=1S/C24H23IN4O4S/c1-4-21-28-29-24(34-21)27-23(30)17(14-26)11-16-12-19(25)22(20(13-16)31-3)33-10-9-32-18-7-5-15(2)6-8-18/h5-8,11-13H,4,9-10H2,1-3H3,(H,27,29,30). The number of carbonyl (C=O) groups is 1. The Morgan fingerprint density at radius 2 is 1.94 bits per heavy atom. The van der Waals surface area contributed by atoms with Gasteiger partial charge in [-0.25, -0.2) is 0 Å². The zero-order valence-corrected chi connectivity index (χ0v) is 21.9. The molecule has 0 saturated carbocycles. The van der Waals surface area contributed by atoms with E-state index < -0.39 is 5.91 Å². The number of aromatic nitrogens is 2. The summed E-state index contributed by atoms with van der Waals surface area (Å²) in [5.41, 5.74) is 1.73. The Labute approximate surface area is 215 Å². The number of methoxy groups -OCH3 is 1. The van der Waals surface area contributed by atoms with Gasteiger partial charge in [-0.3, -0.25) is 10.1 Å². The van der Waals surface area contributed by atoms with E-state index in [2.05, 4.69) is 38.1 Å². The highest BCUT2D eigenvalue weighted by atomic mass is 127. The van der Waals surface area contributed by atoms with Crippen molar-refractivity contribution in [1.82, 2.24) is 10.2 Å². The number of carbonyl (C=O) groups excluding carboxylic acids is 1. The van der Waals surface area contributed by atoms with Crippen LogP contribution < -0.4 is 19.5 Å². The molecule has 2 aromatic carbocycles. The molecule has 3 aromatic rings. The van der Waals surface area contributed by atoms with Crippen LogP contribution in [0.1, 0.15) is 23.1 Å². The molecule has 1 amide bonds. The van der Waals surface area contributed by atoms with Crippen LogP contribution in [-0.4, -0.2) is 36.4 Å². The van der Waals surface area contributed by atoms with Gasteiger partial charge in [0.25, 0.3) is 5.91 Å². The predicted octanol–water partition coefficient (Wildman–Crippen LogP) is 5.03. The van der Waals surface area contributed by atoms with Crippen molar-refractivity contribution in [2.75, 3.05) is 25.6 Å². The molecule has 0 aliphatic rings. The summed E-state index contributed by atoms with van der Waals surface area (Å²) in [6.07, 6.45) is 2.21. The lowest BCUT2D eigenvalue weighted by Gasteiger charge is -2.14. The van der Waals surface area contributed by atoms with Gasteiger partial charge < -0.3 is 14.2 Å². The molecule has 0 spiro atoms. The molecular formula is C24H23IN4O4S. The fourth-order valence-corrected chi connectivity index (χ4v) is 4.28. The highest BCUT2D eigenvalue weighted by Crippen LogP contribution is 2.34. The van der Waals surface area contributed by atoms with Gasteiger partial charge in [0.15, 0.2) is 11.5 Å². The molecule has 0 atom stereocenters. The monoisotopic (exact) mass is 590 g/mol. The van der Waals surface area contributed by atoms with Crippen molar-refractivity contribution < 1.29 is 19.0 Å². The van der Waals surface area contributed by atoms with Crippen molar-refractivity contribution in [3.05, 3.63) is 61.7 Å². The van der Waals surface area contributed by atoms with Gasteiger partial charge in [0, 0.05) is 0 Å². The Kier molecular flexibility index (Phi) is 9.24. The zero-order valence-electron chi connectivity index (χ0n) is 18.9. The molecule has 1 heterocycles. The summed E-state index contributed by atoms with van der Waals surface area (Å²) in [6, 6.07) is 13.3. The summed E-state index contributed by atoms with van der Waals surface area (Å²) in [7, 11) is 1.53. The smallest absolute Gasteiger partial charge is 0.268 e. The minimum atomic E-state index is -0.552. The molecule has 0 aliphatic heterocycles. The quantitative estimate of drug-likeness (QED) is 0.153. The van der Waals surface area contributed by atoms with Gasteiger partial charge in [-0.1, -0.05) is 36.0 Å². The SMILES string of the molecule is CCc1nnc(NC(=O)C(C#N)=Cc2cc(I)c(OCCOc3ccc(C)cc3)c(OC)c2)s1. The maximum Gasteiger partial charge on any atom is 0.268 e. The van der Waals surface area contributed by atoms with E-state index in [1.54, 1.807) is 6.07 Å². The first-order valence-corrected chi connectivity index (χ1v) is 12.3. The number of halogens is 1. The predicted molar refractivity (Wildman–Crippen MR) is 139 cm³/mol. The summed E-state index contributed by atoms with van der Waals surface area (Å²) in [5.74, 6) is 1.28. The molecule has 0 radical (unpaired) electrons. The average Bonchev–Trinajstić information content (AvgIpc) is 3.29. The van der Waals surface area contributed by atoms with Crippen LogP contribution in [0.3, 0.4) is 0 Å². The second-order valence-corrected chi connectivity index (χ2v) is 9.25. The summed E-state index contributed by atoms with van der Waals surface area (Å²) >= 11 is 3.40. The maximum atomic E-state index is 12.5. The number of hydrogen-bond donors (Lipinski definition) is 1. The van der Waals surface area contributed by atoms with Gasteiger partial charge in [-0.2, -0.15) is 5.26 Å². The van der Waals surface area contributed by atoms with Crippen LogP contribution in [0.4, 0.5) is 5.13 Å². The molecule has 1 N–H and O–H groups in total. The van der Waals surface area contributed by atoms with Crippen LogP contribution >= 0.6 is 33.9 Å². The van der Waals surface area contributed by atoms with Crippen molar-refractivity contribution in [3.8, 4) is 23.3 Å². The van der Waals surface area contributed by atoms with Gasteiger partial charge >= 0.3 is 0 Å². The van der Waals surface area contributed by atoms with Crippen LogP contribution in [0.15, 0.2) is 42.0 Å². The maximum absolute atomic E-state index is 12.5. The molecule has 0 bridgehead atoms. The molecule has 10 heteroatoms. The molecule has 176 valence electrons. The van der Waals surface area contributed by atoms with Crippen molar-refractivity contribution in [1.29, 1.82) is 5.26 Å². The van der Waals surface area contributed by atoms with E-state index in [9.17, 15) is 10.1 Å². The minimum Gasteiger partial charge on any atom is -0.493 e. The molecule has 1 aromatic heterocycles. The number of amides is 1. The number of ether oxygens (including phenoxy) is 3. The Bertz CT molecular complexity index is 1220. The fourth-order valence-electron chi connectivity index (χ4n) is 2.83. The molecule has 3 rings (SSSR count). The number of aryl methyl sites for hydroxylation is 2. The van der Waals surface area contributed by atoms with Crippen LogP contribution in [0.2, 0.25) is 0 Å². The molecule has 0 fully saturated rings. The summed E-state index contributed by atoms with van der Waals surface area (Å²) in [4.78, 5) is 12.5. The summed E-state index contributed by atoms with van der Waals surface area (Å²) in [6.45, 7) is 4.66. The van der Waals surface area contributed by atoms with Crippen molar-refractivity contribution in [3.63, 3.8) is 0 Å².